The van der Waals surface area contributed by atoms with Gasteiger partial charge < -0.3 is 10.2 Å². The number of nitrogens with zero attached hydrogens (tertiary/aromatic N) is 4. The van der Waals surface area contributed by atoms with Crippen molar-refractivity contribution in [2.75, 3.05) is 24.5 Å². The molecule has 19 heavy (non-hydrogen) atoms. The number of hydrogen-bond acceptors (Lipinski definition) is 5. The summed E-state index contributed by atoms with van der Waals surface area (Å²) in [7, 11) is 0. The van der Waals surface area contributed by atoms with Gasteiger partial charge in [0.1, 0.15) is 0 Å². The van der Waals surface area contributed by atoms with Gasteiger partial charge in [-0.05, 0) is 46.1 Å². The van der Waals surface area contributed by atoms with Crippen LogP contribution in [0.25, 0.3) is 0 Å². The lowest BCUT2D eigenvalue weighted by atomic mass is 9.90. The zero-order chi connectivity index (χ0) is 13.8. The van der Waals surface area contributed by atoms with Crippen LogP contribution in [0.5, 0.6) is 0 Å². The van der Waals surface area contributed by atoms with Gasteiger partial charge in [-0.1, -0.05) is 6.92 Å². The van der Waals surface area contributed by atoms with Crippen LogP contribution in [0, 0.1) is 19.8 Å². The smallest absolute Gasteiger partial charge is 0.245 e. The van der Waals surface area contributed by atoms with E-state index in [-0.39, 0.29) is 0 Å². The van der Waals surface area contributed by atoms with Crippen molar-refractivity contribution >= 4 is 5.95 Å². The van der Waals surface area contributed by atoms with E-state index in [1.807, 2.05) is 13.8 Å². The molecule has 0 spiro atoms. The maximum absolute atomic E-state index is 4.54. The molecule has 1 aliphatic heterocycles. The second-order valence-corrected chi connectivity index (χ2v) is 5.45. The topological polar surface area (TPSA) is 53.9 Å². The van der Waals surface area contributed by atoms with Crippen LogP contribution in [-0.4, -0.2) is 40.9 Å². The van der Waals surface area contributed by atoms with Gasteiger partial charge >= 0.3 is 0 Å². The van der Waals surface area contributed by atoms with Gasteiger partial charge in [0, 0.05) is 19.1 Å². The third-order valence-corrected chi connectivity index (χ3v) is 4.14. The van der Waals surface area contributed by atoms with Crippen molar-refractivity contribution < 1.29 is 0 Å². The number of rotatable bonds is 4. The average Bonchev–Trinajstić information content (AvgIpc) is 2.42. The molecule has 1 saturated heterocycles. The number of aromatic nitrogens is 3. The van der Waals surface area contributed by atoms with Gasteiger partial charge in [-0.3, -0.25) is 0 Å². The maximum Gasteiger partial charge on any atom is 0.245 e. The number of nitrogens with one attached hydrogen (secondary N) is 1. The van der Waals surface area contributed by atoms with E-state index in [9.17, 15) is 0 Å². The van der Waals surface area contributed by atoms with Crippen LogP contribution in [0.3, 0.4) is 0 Å². The molecule has 0 saturated carbocycles. The van der Waals surface area contributed by atoms with E-state index >= 15 is 0 Å². The summed E-state index contributed by atoms with van der Waals surface area (Å²) in [6, 6.07) is 0.603. The maximum atomic E-state index is 4.54. The minimum Gasteiger partial charge on any atom is -0.340 e. The number of anilines is 1. The average molecular weight is 263 g/mol. The first-order valence-corrected chi connectivity index (χ1v) is 7.28. The summed E-state index contributed by atoms with van der Waals surface area (Å²) in [4.78, 5) is 6.80. The van der Waals surface area contributed by atoms with Crippen LogP contribution in [0.4, 0.5) is 5.95 Å². The molecule has 2 rings (SSSR count). The SMILES string of the molecule is CCNC(C)C1CCN(c2nnc(C)c(C)n2)CC1. The Morgan fingerprint density at radius 3 is 2.47 bits per heavy atom. The van der Waals surface area contributed by atoms with E-state index in [0.717, 1.165) is 42.9 Å². The third-order valence-electron chi connectivity index (χ3n) is 4.14. The van der Waals surface area contributed by atoms with Crippen molar-refractivity contribution in [3.05, 3.63) is 11.4 Å². The third kappa shape index (κ3) is 3.41. The summed E-state index contributed by atoms with van der Waals surface area (Å²) in [5.41, 5.74) is 1.90. The summed E-state index contributed by atoms with van der Waals surface area (Å²) in [5, 5.41) is 11.9. The Hall–Kier alpha value is -1.23. The molecule has 2 heterocycles. The molecule has 106 valence electrons. The zero-order valence-corrected chi connectivity index (χ0v) is 12.5. The van der Waals surface area contributed by atoms with Crippen molar-refractivity contribution in [2.45, 2.75) is 46.6 Å². The van der Waals surface area contributed by atoms with Crippen molar-refractivity contribution in [3.63, 3.8) is 0 Å². The van der Waals surface area contributed by atoms with Crippen LogP contribution in [0.15, 0.2) is 0 Å². The molecular formula is C14H25N5. The highest BCUT2D eigenvalue weighted by atomic mass is 15.3. The molecule has 0 amide bonds. The minimum absolute atomic E-state index is 0.603. The van der Waals surface area contributed by atoms with Gasteiger partial charge in [0.05, 0.1) is 11.4 Å². The fourth-order valence-corrected chi connectivity index (χ4v) is 2.67. The molecule has 1 aromatic heterocycles. The molecule has 5 nitrogen and oxygen atoms in total. The van der Waals surface area contributed by atoms with Crippen molar-refractivity contribution in [1.82, 2.24) is 20.5 Å². The van der Waals surface area contributed by atoms with Crippen LogP contribution in [-0.2, 0) is 0 Å². The molecule has 5 heteroatoms. The number of piperidine rings is 1. The standard InChI is InChI=1S/C14H25N5/c1-5-15-12(4)13-6-8-19(9-7-13)14-16-10(2)11(3)17-18-14/h12-13,15H,5-9H2,1-4H3. The predicted molar refractivity (Wildman–Crippen MR) is 77.4 cm³/mol. The van der Waals surface area contributed by atoms with Crippen LogP contribution in [0.1, 0.15) is 38.1 Å². The Labute approximate surface area is 115 Å². The lowest BCUT2D eigenvalue weighted by molar-refractivity contribution is 0.313. The Kier molecular flexibility index (Phi) is 4.69. The van der Waals surface area contributed by atoms with Gasteiger partial charge in [0.25, 0.3) is 0 Å². The lowest BCUT2D eigenvalue weighted by Crippen LogP contribution is -2.42. The quantitative estimate of drug-likeness (QED) is 0.896. The molecule has 1 fully saturated rings. The normalized spacial score (nSPS) is 18.6. The first kappa shape index (κ1) is 14.2. The van der Waals surface area contributed by atoms with Gasteiger partial charge in [0.2, 0.25) is 5.95 Å². The molecule has 0 aliphatic carbocycles. The minimum atomic E-state index is 0.603. The second-order valence-electron chi connectivity index (χ2n) is 5.45. The highest BCUT2D eigenvalue weighted by Crippen LogP contribution is 2.23. The fraction of sp³-hybridized carbons (Fsp3) is 0.786. The summed E-state index contributed by atoms with van der Waals surface area (Å²) in [5.74, 6) is 1.55. The summed E-state index contributed by atoms with van der Waals surface area (Å²) in [6.45, 7) is 11.5. The van der Waals surface area contributed by atoms with Crippen LogP contribution in [0.2, 0.25) is 0 Å². The largest absolute Gasteiger partial charge is 0.340 e. The van der Waals surface area contributed by atoms with Crippen LogP contribution >= 0.6 is 0 Å². The molecule has 0 bridgehead atoms. The molecule has 1 aliphatic rings. The summed E-state index contributed by atoms with van der Waals surface area (Å²) >= 11 is 0. The molecule has 1 unspecified atom stereocenters. The highest BCUT2D eigenvalue weighted by Gasteiger charge is 2.24. The van der Waals surface area contributed by atoms with E-state index in [1.165, 1.54) is 12.8 Å². The van der Waals surface area contributed by atoms with E-state index in [1.54, 1.807) is 0 Å². The van der Waals surface area contributed by atoms with Gasteiger partial charge in [-0.15, -0.1) is 5.10 Å². The molecule has 1 aromatic rings. The monoisotopic (exact) mass is 263 g/mol. The second kappa shape index (κ2) is 6.28. The first-order valence-electron chi connectivity index (χ1n) is 7.28. The summed E-state index contributed by atoms with van der Waals surface area (Å²) < 4.78 is 0. The fourth-order valence-electron chi connectivity index (χ4n) is 2.67. The zero-order valence-electron chi connectivity index (χ0n) is 12.5. The molecular weight excluding hydrogens is 238 g/mol. The lowest BCUT2D eigenvalue weighted by Gasteiger charge is -2.35. The molecule has 1 N–H and O–H groups in total. The Morgan fingerprint density at radius 1 is 1.21 bits per heavy atom. The molecule has 0 aromatic carbocycles. The predicted octanol–water partition coefficient (Wildman–Crippen LogP) is 1.70. The van der Waals surface area contributed by atoms with E-state index < -0.39 is 0 Å². The number of hydrogen-bond donors (Lipinski definition) is 1. The Bertz CT molecular complexity index is 412. The van der Waals surface area contributed by atoms with Crippen molar-refractivity contribution in [1.29, 1.82) is 0 Å². The van der Waals surface area contributed by atoms with E-state index in [0.29, 0.717) is 6.04 Å². The highest BCUT2D eigenvalue weighted by molar-refractivity contribution is 5.30. The van der Waals surface area contributed by atoms with Crippen molar-refractivity contribution in [3.8, 4) is 0 Å². The van der Waals surface area contributed by atoms with E-state index in [4.69, 9.17) is 0 Å². The van der Waals surface area contributed by atoms with E-state index in [2.05, 4.69) is 39.2 Å². The molecule has 1 atom stereocenters. The molecule has 0 radical (unpaired) electrons. The van der Waals surface area contributed by atoms with Crippen LogP contribution < -0.4 is 10.2 Å². The van der Waals surface area contributed by atoms with Gasteiger partial charge in [0.15, 0.2) is 0 Å². The number of aryl methyl sites for hydroxylation is 2. The first-order chi connectivity index (χ1) is 9.11. The van der Waals surface area contributed by atoms with Gasteiger partial charge in [-0.2, -0.15) is 5.10 Å². The summed E-state index contributed by atoms with van der Waals surface area (Å²) in [6.07, 6.45) is 2.40. The van der Waals surface area contributed by atoms with Crippen molar-refractivity contribution in [2.24, 2.45) is 5.92 Å². The van der Waals surface area contributed by atoms with Gasteiger partial charge in [-0.25, -0.2) is 4.98 Å². The Morgan fingerprint density at radius 2 is 1.89 bits per heavy atom. The Balaban J connectivity index is 1.94.